The molecule has 3 nitrogen and oxygen atoms in total. The Morgan fingerprint density at radius 1 is 1.10 bits per heavy atom. The summed E-state index contributed by atoms with van der Waals surface area (Å²) >= 11 is 0. The standard InChI is InChI=1S/C14H11F3N2O/c1-9-2-7-12(18-8-9)19-13(20)10-3-5-11(6-4-10)14(15,16)17/h2-8H,1H3,(H,18,19,20). The lowest BCUT2D eigenvalue weighted by molar-refractivity contribution is -0.137. The van der Waals surface area contributed by atoms with E-state index < -0.39 is 17.6 Å². The number of carbonyl (C=O) groups is 1. The first-order valence-electron chi connectivity index (χ1n) is 5.77. The molecule has 0 bridgehead atoms. The molecule has 0 aliphatic heterocycles. The number of alkyl halides is 3. The van der Waals surface area contributed by atoms with Gasteiger partial charge < -0.3 is 5.32 Å². The van der Waals surface area contributed by atoms with Crippen LogP contribution in [0.1, 0.15) is 21.5 Å². The molecule has 20 heavy (non-hydrogen) atoms. The summed E-state index contributed by atoms with van der Waals surface area (Å²) < 4.78 is 37.2. The predicted octanol–water partition coefficient (Wildman–Crippen LogP) is 3.66. The SMILES string of the molecule is Cc1ccc(NC(=O)c2ccc(C(F)(F)F)cc2)nc1. The van der Waals surface area contributed by atoms with Crippen LogP contribution in [0.15, 0.2) is 42.6 Å². The molecule has 2 rings (SSSR count). The molecule has 0 aliphatic rings. The smallest absolute Gasteiger partial charge is 0.307 e. The van der Waals surface area contributed by atoms with Crippen LogP contribution in [0.3, 0.4) is 0 Å². The maximum absolute atomic E-state index is 12.4. The van der Waals surface area contributed by atoms with Crippen molar-refractivity contribution in [2.75, 3.05) is 5.32 Å². The van der Waals surface area contributed by atoms with Gasteiger partial charge in [-0.05, 0) is 42.8 Å². The van der Waals surface area contributed by atoms with Crippen LogP contribution in [-0.4, -0.2) is 10.9 Å². The number of anilines is 1. The van der Waals surface area contributed by atoms with E-state index in [9.17, 15) is 18.0 Å². The van der Waals surface area contributed by atoms with E-state index in [0.29, 0.717) is 5.82 Å². The fraction of sp³-hybridized carbons (Fsp3) is 0.143. The number of rotatable bonds is 2. The van der Waals surface area contributed by atoms with Gasteiger partial charge in [0, 0.05) is 11.8 Å². The van der Waals surface area contributed by atoms with Gasteiger partial charge >= 0.3 is 6.18 Å². The monoisotopic (exact) mass is 280 g/mol. The number of benzene rings is 1. The minimum atomic E-state index is -4.41. The van der Waals surface area contributed by atoms with Crippen LogP contribution in [0.5, 0.6) is 0 Å². The molecule has 0 aliphatic carbocycles. The lowest BCUT2D eigenvalue weighted by Gasteiger charge is -2.08. The Bertz CT molecular complexity index is 604. The third-order valence-electron chi connectivity index (χ3n) is 2.63. The third kappa shape index (κ3) is 3.34. The zero-order valence-electron chi connectivity index (χ0n) is 10.5. The van der Waals surface area contributed by atoms with Crippen LogP contribution in [-0.2, 0) is 6.18 Å². The molecule has 0 saturated carbocycles. The number of aryl methyl sites for hydroxylation is 1. The Morgan fingerprint density at radius 3 is 2.25 bits per heavy atom. The quantitative estimate of drug-likeness (QED) is 0.912. The molecule has 104 valence electrons. The Labute approximate surface area is 113 Å². The van der Waals surface area contributed by atoms with Gasteiger partial charge in [-0.2, -0.15) is 13.2 Å². The van der Waals surface area contributed by atoms with Crippen molar-refractivity contribution in [3.8, 4) is 0 Å². The maximum atomic E-state index is 12.4. The normalized spacial score (nSPS) is 11.2. The zero-order chi connectivity index (χ0) is 14.8. The highest BCUT2D eigenvalue weighted by Crippen LogP contribution is 2.29. The number of hydrogen-bond acceptors (Lipinski definition) is 2. The Morgan fingerprint density at radius 2 is 1.75 bits per heavy atom. The van der Waals surface area contributed by atoms with E-state index in [4.69, 9.17) is 0 Å². The van der Waals surface area contributed by atoms with Crippen molar-refractivity contribution in [1.29, 1.82) is 0 Å². The topological polar surface area (TPSA) is 42.0 Å². The van der Waals surface area contributed by atoms with Gasteiger partial charge in [0.15, 0.2) is 0 Å². The minimum absolute atomic E-state index is 0.139. The van der Waals surface area contributed by atoms with Crippen molar-refractivity contribution >= 4 is 11.7 Å². The third-order valence-corrected chi connectivity index (χ3v) is 2.63. The summed E-state index contributed by atoms with van der Waals surface area (Å²) in [5.74, 6) is -0.157. The predicted molar refractivity (Wildman–Crippen MR) is 68.4 cm³/mol. The zero-order valence-corrected chi connectivity index (χ0v) is 10.5. The second-order valence-corrected chi connectivity index (χ2v) is 4.25. The Kier molecular flexibility index (Phi) is 3.74. The number of nitrogens with zero attached hydrogens (tertiary/aromatic N) is 1. The molecule has 1 amide bonds. The Hall–Kier alpha value is -2.37. The lowest BCUT2D eigenvalue weighted by atomic mass is 10.1. The van der Waals surface area contributed by atoms with E-state index in [2.05, 4.69) is 10.3 Å². The summed E-state index contributed by atoms with van der Waals surface area (Å²) in [4.78, 5) is 15.8. The molecule has 0 atom stereocenters. The van der Waals surface area contributed by atoms with E-state index in [0.717, 1.165) is 29.8 Å². The summed E-state index contributed by atoms with van der Waals surface area (Å²) in [5, 5.41) is 2.51. The summed E-state index contributed by atoms with van der Waals surface area (Å²) in [5.41, 5.74) is 0.292. The average Bonchev–Trinajstić information content (AvgIpc) is 2.40. The number of nitrogens with one attached hydrogen (secondary N) is 1. The van der Waals surface area contributed by atoms with Crippen molar-refractivity contribution in [2.24, 2.45) is 0 Å². The molecule has 6 heteroatoms. The molecule has 0 unspecified atom stereocenters. The van der Waals surface area contributed by atoms with Gasteiger partial charge in [0.1, 0.15) is 5.82 Å². The largest absolute Gasteiger partial charge is 0.416 e. The molecular weight excluding hydrogens is 269 g/mol. The minimum Gasteiger partial charge on any atom is -0.307 e. The van der Waals surface area contributed by atoms with E-state index in [1.54, 1.807) is 18.3 Å². The number of pyridine rings is 1. The van der Waals surface area contributed by atoms with Crippen LogP contribution in [0.4, 0.5) is 19.0 Å². The van der Waals surface area contributed by atoms with Crippen LogP contribution in [0.25, 0.3) is 0 Å². The molecule has 1 N–H and O–H groups in total. The van der Waals surface area contributed by atoms with Crippen LogP contribution in [0.2, 0.25) is 0 Å². The number of hydrogen-bond donors (Lipinski definition) is 1. The fourth-order valence-corrected chi connectivity index (χ4v) is 1.54. The van der Waals surface area contributed by atoms with Gasteiger partial charge in [0.25, 0.3) is 5.91 Å². The number of carbonyl (C=O) groups excluding carboxylic acids is 1. The fourth-order valence-electron chi connectivity index (χ4n) is 1.54. The van der Waals surface area contributed by atoms with Gasteiger partial charge in [0.05, 0.1) is 5.56 Å². The van der Waals surface area contributed by atoms with Crippen LogP contribution < -0.4 is 5.32 Å². The van der Waals surface area contributed by atoms with E-state index in [1.165, 1.54) is 0 Å². The van der Waals surface area contributed by atoms with Gasteiger partial charge in [-0.25, -0.2) is 4.98 Å². The molecule has 0 spiro atoms. The summed E-state index contributed by atoms with van der Waals surface area (Å²) in [6.07, 6.45) is -2.82. The molecule has 2 aromatic rings. The van der Waals surface area contributed by atoms with E-state index >= 15 is 0 Å². The molecule has 1 aromatic heterocycles. The average molecular weight is 280 g/mol. The van der Waals surface area contributed by atoms with E-state index in [1.807, 2.05) is 6.92 Å². The second kappa shape index (κ2) is 5.32. The first kappa shape index (κ1) is 14.0. The van der Waals surface area contributed by atoms with Gasteiger partial charge in [-0.1, -0.05) is 6.07 Å². The van der Waals surface area contributed by atoms with Crippen molar-refractivity contribution in [1.82, 2.24) is 4.98 Å². The van der Waals surface area contributed by atoms with Crippen molar-refractivity contribution in [3.05, 3.63) is 59.3 Å². The van der Waals surface area contributed by atoms with Crippen molar-refractivity contribution in [2.45, 2.75) is 13.1 Å². The van der Waals surface area contributed by atoms with E-state index in [-0.39, 0.29) is 5.56 Å². The number of amides is 1. The molecule has 0 saturated heterocycles. The highest BCUT2D eigenvalue weighted by molar-refractivity contribution is 6.03. The summed E-state index contributed by atoms with van der Waals surface area (Å²) in [7, 11) is 0. The summed E-state index contributed by atoms with van der Waals surface area (Å²) in [6, 6.07) is 7.40. The van der Waals surface area contributed by atoms with Gasteiger partial charge in [0.2, 0.25) is 0 Å². The lowest BCUT2D eigenvalue weighted by Crippen LogP contribution is -2.13. The first-order valence-corrected chi connectivity index (χ1v) is 5.77. The maximum Gasteiger partial charge on any atom is 0.416 e. The Balaban J connectivity index is 2.11. The molecule has 1 heterocycles. The number of aromatic nitrogens is 1. The van der Waals surface area contributed by atoms with Crippen molar-refractivity contribution in [3.63, 3.8) is 0 Å². The highest BCUT2D eigenvalue weighted by Gasteiger charge is 2.30. The number of halogens is 3. The molecule has 1 aromatic carbocycles. The van der Waals surface area contributed by atoms with Crippen LogP contribution in [0, 0.1) is 6.92 Å². The first-order chi connectivity index (χ1) is 9.36. The van der Waals surface area contributed by atoms with Crippen LogP contribution >= 0.6 is 0 Å². The van der Waals surface area contributed by atoms with Gasteiger partial charge in [-0.15, -0.1) is 0 Å². The molecule has 0 radical (unpaired) electrons. The second-order valence-electron chi connectivity index (χ2n) is 4.25. The molecular formula is C14H11F3N2O. The highest BCUT2D eigenvalue weighted by atomic mass is 19.4. The van der Waals surface area contributed by atoms with Gasteiger partial charge in [-0.3, -0.25) is 4.79 Å². The van der Waals surface area contributed by atoms with Crippen molar-refractivity contribution < 1.29 is 18.0 Å². The summed E-state index contributed by atoms with van der Waals surface area (Å²) in [6.45, 7) is 1.86. The molecule has 0 fully saturated rings.